The zero-order valence-electron chi connectivity index (χ0n) is 8.77. The number of amides is 1. The predicted molar refractivity (Wildman–Crippen MR) is 57.3 cm³/mol. The molecule has 86 valence electrons. The van der Waals surface area contributed by atoms with Crippen LogP contribution < -0.4 is 5.32 Å². The van der Waals surface area contributed by atoms with Gasteiger partial charge in [0.15, 0.2) is 0 Å². The Labute approximate surface area is 92.0 Å². The highest BCUT2D eigenvalue weighted by atomic mass is 16.6. The van der Waals surface area contributed by atoms with E-state index in [1.54, 1.807) is 13.0 Å². The summed E-state index contributed by atoms with van der Waals surface area (Å²) >= 11 is 0. The van der Waals surface area contributed by atoms with Crippen LogP contribution in [0.3, 0.4) is 0 Å². The summed E-state index contributed by atoms with van der Waals surface area (Å²) in [5.74, 6) is -0.543. The maximum atomic E-state index is 11.6. The molecule has 1 amide bonds. The number of carbonyl (C=O) groups is 1. The molecule has 0 heterocycles. The Morgan fingerprint density at radius 1 is 1.56 bits per heavy atom. The number of aliphatic hydroxyl groups excluding tert-OH is 1. The number of aliphatic hydroxyl groups is 1. The third-order valence-corrected chi connectivity index (χ3v) is 2.07. The number of rotatable bonds is 4. The zero-order valence-corrected chi connectivity index (χ0v) is 8.77. The summed E-state index contributed by atoms with van der Waals surface area (Å²) in [6.07, 6.45) is 0. The first-order valence-corrected chi connectivity index (χ1v) is 4.71. The molecule has 0 aliphatic carbocycles. The van der Waals surface area contributed by atoms with Crippen molar-refractivity contribution in [3.8, 4) is 0 Å². The van der Waals surface area contributed by atoms with E-state index in [1.807, 2.05) is 0 Å². The van der Waals surface area contributed by atoms with Gasteiger partial charge in [-0.3, -0.25) is 14.9 Å². The van der Waals surface area contributed by atoms with E-state index >= 15 is 0 Å². The number of nitro groups is 1. The molecule has 0 aromatic heterocycles. The van der Waals surface area contributed by atoms with Gasteiger partial charge in [0.1, 0.15) is 5.56 Å². The number of nitrogens with zero attached hydrogens (tertiary/aromatic N) is 1. The first-order chi connectivity index (χ1) is 7.57. The summed E-state index contributed by atoms with van der Waals surface area (Å²) in [6.45, 7) is 1.50. The van der Waals surface area contributed by atoms with E-state index < -0.39 is 10.8 Å². The van der Waals surface area contributed by atoms with Gasteiger partial charge < -0.3 is 10.4 Å². The number of carbonyl (C=O) groups excluding carboxylic acids is 1. The van der Waals surface area contributed by atoms with Crippen LogP contribution in [0, 0.1) is 17.0 Å². The van der Waals surface area contributed by atoms with Crippen LogP contribution in [0.2, 0.25) is 0 Å². The van der Waals surface area contributed by atoms with E-state index in [9.17, 15) is 14.9 Å². The van der Waals surface area contributed by atoms with Crippen molar-refractivity contribution < 1.29 is 14.8 Å². The molecule has 16 heavy (non-hydrogen) atoms. The van der Waals surface area contributed by atoms with Crippen LogP contribution >= 0.6 is 0 Å². The summed E-state index contributed by atoms with van der Waals surface area (Å²) in [7, 11) is 0. The van der Waals surface area contributed by atoms with E-state index in [1.165, 1.54) is 12.1 Å². The lowest BCUT2D eigenvalue weighted by molar-refractivity contribution is -0.385. The minimum atomic E-state index is -0.596. The van der Waals surface area contributed by atoms with Gasteiger partial charge in [-0.1, -0.05) is 12.1 Å². The Morgan fingerprint density at radius 2 is 2.25 bits per heavy atom. The smallest absolute Gasteiger partial charge is 0.282 e. The number of aryl methyl sites for hydroxylation is 1. The fourth-order valence-electron chi connectivity index (χ4n) is 1.36. The van der Waals surface area contributed by atoms with Crippen molar-refractivity contribution in [2.24, 2.45) is 0 Å². The fraction of sp³-hybridized carbons (Fsp3) is 0.300. The van der Waals surface area contributed by atoms with Crippen LogP contribution in [0.25, 0.3) is 0 Å². The molecular weight excluding hydrogens is 212 g/mol. The minimum absolute atomic E-state index is 0.0425. The van der Waals surface area contributed by atoms with Crippen molar-refractivity contribution in [1.29, 1.82) is 0 Å². The second kappa shape index (κ2) is 5.22. The van der Waals surface area contributed by atoms with Crippen LogP contribution in [0.4, 0.5) is 5.69 Å². The van der Waals surface area contributed by atoms with Crippen molar-refractivity contribution in [3.05, 3.63) is 39.4 Å². The van der Waals surface area contributed by atoms with Gasteiger partial charge in [-0.2, -0.15) is 0 Å². The molecule has 0 radical (unpaired) electrons. The molecule has 0 spiro atoms. The van der Waals surface area contributed by atoms with E-state index in [-0.39, 0.29) is 24.4 Å². The van der Waals surface area contributed by atoms with Gasteiger partial charge in [0.05, 0.1) is 11.5 Å². The van der Waals surface area contributed by atoms with Gasteiger partial charge in [0.25, 0.3) is 11.6 Å². The molecule has 6 heteroatoms. The number of hydrogen-bond acceptors (Lipinski definition) is 4. The summed E-state index contributed by atoms with van der Waals surface area (Å²) < 4.78 is 0. The van der Waals surface area contributed by atoms with Gasteiger partial charge >= 0.3 is 0 Å². The van der Waals surface area contributed by atoms with Gasteiger partial charge in [0, 0.05) is 12.6 Å². The van der Waals surface area contributed by atoms with E-state index in [4.69, 9.17) is 5.11 Å². The van der Waals surface area contributed by atoms with Crippen LogP contribution in [0.5, 0.6) is 0 Å². The molecule has 0 saturated heterocycles. The van der Waals surface area contributed by atoms with Crippen molar-refractivity contribution in [1.82, 2.24) is 5.32 Å². The van der Waals surface area contributed by atoms with Crippen LogP contribution in [0.15, 0.2) is 18.2 Å². The predicted octanol–water partition coefficient (Wildman–Crippen LogP) is 0.625. The van der Waals surface area contributed by atoms with Crippen molar-refractivity contribution in [2.75, 3.05) is 13.2 Å². The van der Waals surface area contributed by atoms with Crippen molar-refractivity contribution in [3.63, 3.8) is 0 Å². The molecule has 6 nitrogen and oxygen atoms in total. The number of benzene rings is 1. The van der Waals surface area contributed by atoms with Gasteiger partial charge in [-0.05, 0) is 12.5 Å². The largest absolute Gasteiger partial charge is 0.395 e. The summed E-state index contributed by atoms with van der Waals surface area (Å²) in [4.78, 5) is 21.8. The summed E-state index contributed by atoms with van der Waals surface area (Å²) in [5, 5.41) is 21.7. The average Bonchev–Trinajstić information content (AvgIpc) is 2.25. The maximum Gasteiger partial charge on any atom is 0.282 e. The SMILES string of the molecule is Cc1cccc([N+](=O)[O-])c1C(=O)NCCO. The molecule has 0 aliphatic heterocycles. The van der Waals surface area contributed by atoms with E-state index in [0.717, 1.165) is 0 Å². The molecule has 2 N–H and O–H groups in total. The summed E-state index contributed by atoms with van der Waals surface area (Å²) in [6, 6.07) is 4.43. The number of nitrogens with one attached hydrogen (secondary N) is 1. The second-order valence-corrected chi connectivity index (χ2v) is 3.21. The summed E-state index contributed by atoms with van der Waals surface area (Å²) in [5.41, 5.74) is 0.348. The van der Waals surface area contributed by atoms with Gasteiger partial charge in [-0.15, -0.1) is 0 Å². The van der Waals surface area contributed by atoms with Crippen LogP contribution in [-0.2, 0) is 0 Å². The normalized spacial score (nSPS) is 9.88. The lowest BCUT2D eigenvalue weighted by atomic mass is 10.1. The third kappa shape index (κ3) is 2.54. The highest BCUT2D eigenvalue weighted by Crippen LogP contribution is 2.21. The minimum Gasteiger partial charge on any atom is -0.395 e. The molecule has 1 aromatic rings. The molecular formula is C10H12N2O4. The fourth-order valence-corrected chi connectivity index (χ4v) is 1.36. The monoisotopic (exact) mass is 224 g/mol. The molecule has 0 atom stereocenters. The first-order valence-electron chi connectivity index (χ1n) is 4.71. The number of nitro benzene ring substituents is 1. The first kappa shape index (κ1) is 12.1. The van der Waals surface area contributed by atoms with Crippen molar-refractivity contribution in [2.45, 2.75) is 6.92 Å². The zero-order chi connectivity index (χ0) is 12.1. The highest BCUT2D eigenvalue weighted by Gasteiger charge is 2.21. The van der Waals surface area contributed by atoms with E-state index in [0.29, 0.717) is 5.56 Å². The Morgan fingerprint density at radius 3 is 2.81 bits per heavy atom. The van der Waals surface area contributed by atoms with Gasteiger partial charge in [-0.25, -0.2) is 0 Å². The van der Waals surface area contributed by atoms with Gasteiger partial charge in [0.2, 0.25) is 0 Å². The molecule has 1 aromatic carbocycles. The number of hydrogen-bond donors (Lipinski definition) is 2. The Kier molecular flexibility index (Phi) is 3.96. The molecule has 0 fully saturated rings. The standard InChI is InChI=1S/C10H12N2O4/c1-7-3-2-4-8(12(15)16)9(7)10(14)11-5-6-13/h2-4,13H,5-6H2,1H3,(H,11,14). The van der Waals surface area contributed by atoms with Crippen molar-refractivity contribution >= 4 is 11.6 Å². The lowest BCUT2D eigenvalue weighted by Gasteiger charge is -2.06. The molecule has 0 saturated carbocycles. The Hall–Kier alpha value is -1.95. The van der Waals surface area contributed by atoms with Crippen LogP contribution in [-0.4, -0.2) is 29.1 Å². The topological polar surface area (TPSA) is 92.5 Å². The Balaban J connectivity index is 3.10. The lowest BCUT2D eigenvalue weighted by Crippen LogP contribution is -2.27. The molecule has 0 unspecified atom stereocenters. The quantitative estimate of drug-likeness (QED) is 0.579. The molecule has 0 aliphatic rings. The highest BCUT2D eigenvalue weighted by molar-refractivity contribution is 5.99. The van der Waals surface area contributed by atoms with Crippen LogP contribution in [0.1, 0.15) is 15.9 Å². The molecule has 1 rings (SSSR count). The second-order valence-electron chi connectivity index (χ2n) is 3.21. The maximum absolute atomic E-state index is 11.6. The van der Waals surface area contributed by atoms with E-state index in [2.05, 4.69) is 5.32 Å². The Bertz CT molecular complexity index is 417. The average molecular weight is 224 g/mol. The third-order valence-electron chi connectivity index (χ3n) is 2.07. The molecule has 0 bridgehead atoms.